The van der Waals surface area contributed by atoms with Crippen molar-refractivity contribution in [2.45, 2.75) is 13.8 Å². The van der Waals surface area contributed by atoms with Crippen molar-refractivity contribution in [3.05, 3.63) is 38.8 Å². The lowest BCUT2D eigenvalue weighted by Crippen LogP contribution is -1.99. The molecule has 0 amide bonds. The van der Waals surface area contributed by atoms with Gasteiger partial charge in [-0.25, -0.2) is 9.37 Å². The van der Waals surface area contributed by atoms with Crippen LogP contribution in [-0.2, 0) is 0 Å². The minimum atomic E-state index is -0.381. The SMILES string of the molecule is CC(=O)c1cc(C)nc2c(F)cc(I)cc12. The van der Waals surface area contributed by atoms with Gasteiger partial charge in [-0.15, -0.1) is 0 Å². The third-order valence-corrected chi connectivity index (χ3v) is 2.96. The van der Waals surface area contributed by atoms with Gasteiger partial charge < -0.3 is 0 Å². The lowest BCUT2D eigenvalue weighted by Gasteiger charge is -2.06. The Morgan fingerprint density at radius 1 is 1.38 bits per heavy atom. The molecule has 0 unspecified atom stereocenters. The Balaban J connectivity index is 2.95. The molecule has 1 aromatic heterocycles. The van der Waals surface area contributed by atoms with Gasteiger partial charge in [0, 0.05) is 20.2 Å². The summed E-state index contributed by atoms with van der Waals surface area (Å²) in [6.07, 6.45) is 0. The van der Waals surface area contributed by atoms with Gasteiger partial charge in [0.2, 0.25) is 0 Å². The summed E-state index contributed by atoms with van der Waals surface area (Å²) < 4.78 is 14.5. The quantitative estimate of drug-likeness (QED) is 0.592. The van der Waals surface area contributed by atoms with Gasteiger partial charge in [0.15, 0.2) is 11.6 Å². The molecule has 16 heavy (non-hydrogen) atoms. The highest BCUT2D eigenvalue weighted by Gasteiger charge is 2.12. The van der Waals surface area contributed by atoms with Crippen molar-refractivity contribution in [1.29, 1.82) is 0 Å². The third kappa shape index (κ3) is 1.93. The molecule has 1 aromatic carbocycles. The molecule has 2 nitrogen and oxygen atoms in total. The highest BCUT2D eigenvalue weighted by atomic mass is 127. The number of carbonyl (C=O) groups excluding carboxylic acids is 1. The molecule has 1 heterocycles. The zero-order chi connectivity index (χ0) is 11.9. The first-order valence-electron chi connectivity index (χ1n) is 4.76. The van der Waals surface area contributed by atoms with Crippen LogP contribution >= 0.6 is 22.6 Å². The van der Waals surface area contributed by atoms with Crippen molar-refractivity contribution in [3.8, 4) is 0 Å². The van der Waals surface area contributed by atoms with Crippen molar-refractivity contribution < 1.29 is 9.18 Å². The summed E-state index contributed by atoms with van der Waals surface area (Å²) in [5.41, 5.74) is 1.45. The first kappa shape index (κ1) is 11.4. The molecule has 4 heteroatoms. The molecule has 0 aliphatic carbocycles. The highest BCUT2D eigenvalue weighted by molar-refractivity contribution is 14.1. The number of fused-ring (bicyclic) bond motifs is 1. The summed E-state index contributed by atoms with van der Waals surface area (Å²) in [6.45, 7) is 3.23. The lowest BCUT2D eigenvalue weighted by molar-refractivity contribution is 0.101. The van der Waals surface area contributed by atoms with Crippen LogP contribution in [-0.4, -0.2) is 10.8 Å². The second kappa shape index (κ2) is 4.08. The van der Waals surface area contributed by atoms with Crippen molar-refractivity contribution >= 4 is 39.3 Å². The molecule has 0 N–H and O–H groups in total. The number of hydrogen-bond donors (Lipinski definition) is 0. The minimum Gasteiger partial charge on any atom is -0.294 e. The number of rotatable bonds is 1. The van der Waals surface area contributed by atoms with Crippen LogP contribution in [0.15, 0.2) is 18.2 Å². The topological polar surface area (TPSA) is 30.0 Å². The van der Waals surface area contributed by atoms with Gasteiger partial charge in [-0.2, -0.15) is 0 Å². The average Bonchev–Trinajstić information content (AvgIpc) is 2.18. The van der Waals surface area contributed by atoms with Crippen LogP contribution in [0.3, 0.4) is 0 Å². The van der Waals surface area contributed by atoms with E-state index in [0.29, 0.717) is 16.6 Å². The van der Waals surface area contributed by atoms with Gasteiger partial charge in [-0.1, -0.05) is 0 Å². The normalized spacial score (nSPS) is 10.8. The number of aryl methyl sites for hydroxylation is 1. The van der Waals surface area contributed by atoms with Crippen LogP contribution in [0.2, 0.25) is 0 Å². The van der Waals surface area contributed by atoms with Gasteiger partial charge in [0.05, 0.1) is 0 Å². The second-order valence-electron chi connectivity index (χ2n) is 3.65. The van der Waals surface area contributed by atoms with Gasteiger partial charge >= 0.3 is 0 Å². The van der Waals surface area contributed by atoms with E-state index in [1.165, 1.54) is 13.0 Å². The number of halogens is 2. The Hall–Kier alpha value is -1.04. The molecule has 0 saturated heterocycles. The summed E-state index contributed by atoms with van der Waals surface area (Å²) >= 11 is 2.02. The number of aromatic nitrogens is 1. The fourth-order valence-electron chi connectivity index (χ4n) is 1.67. The fourth-order valence-corrected chi connectivity index (χ4v) is 2.26. The molecule has 0 spiro atoms. The molecule has 0 fully saturated rings. The van der Waals surface area contributed by atoms with E-state index in [1.807, 2.05) is 22.6 Å². The van der Waals surface area contributed by atoms with Gasteiger partial charge in [0.1, 0.15) is 5.52 Å². The average molecular weight is 329 g/mol. The number of Topliss-reactive ketones (excluding diaryl/α,β-unsaturated/α-hetero) is 1. The summed E-state index contributed by atoms with van der Waals surface area (Å²) in [6, 6.07) is 4.89. The summed E-state index contributed by atoms with van der Waals surface area (Å²) in [7, 11) is 0. The smallest absolute Gasteiger partial charge is 0.160 e. The first-order valence-corrected chi connectivity index (χ1v) is 5.84. The largest absolute Gasteiger partial charge is 0.294 e. The first-order chi connectivity index (χ1) is 7.49. The van der Waals surface area contributed by atoms with Crippen LogP contribution in [0.4, 0.5) is 4.39 Å². The van der Waals surface area contributed by atoms with Crippen LogP contribution in [0, 0.1) is 16.3 Å². The number of carbonyl (C=O) groups is 1. The minimum absolute atomic E-state index is 0.0723. The van der Waals surface area contributed by atoms with Crippen LogP contribution in [0.5, 0.6) is 0 Å². The Labute approximate surface area is 106 Å². The Morgan fingerprint density at radius 2 is 2.06 bits per heavy atom. The van der Waals surface area contributed by atoms with Crippen LogP contribution in [0.1, 0.15) is 23.0 Å². The van der Waals surface area contributed by atoms with Crippen molar-refractivity contribution in [2.75, 3.05) is 0 Å². The van der Waals surface area contributed by atoms with Crippen LogP contribution in [0.25, 0.3) is 10.9 Å². The highest BCUT2D eigenvalue weighted by Crippen LogP contribution is 2.24. The number of ketones is 1. The molecular weight excluding hydrogens is 320 g/mol. The number of pyridine rings is 1. The molecule has 0 bridgehead atoms. The molecule has 0 saturated carbocycles. The van der Waals surface area contributed by atoms with Gasteiger partial charge in [0.25, 0.3) is 0 Å². The van der Waals surface area contributed by atoms with E-state index in [0.717, 1.165) is 3.57 Å². The summed E-state index contributed by atoms with van der Waals surface area (Å²) in [5.74, 6) is -0.454. The van der Waals surface area contributed by atoms with E-state index in [1.54, 1.807) is 19.1 Å². The molecule has 0 radical (unpaired) electrons. The monoisotopic (exact) mass is 329 g/mol. The van der Waals surface area contributed by atoms with E-state index in [-0.39, 0.29) is 17.1 Å². The fraction of sp³-hybridized carbons (Fsp3) is 0.167. The predicted octanol–water partition coefficient (Wildman–Crippen LogP) is 3.49. The summed E-state index contributed by atoms with van der Waals surface area (Å²) in [5, 5.41) is 0.586. The number of hydrogen-bond acceptors (Lipinski definition) is 2. The molecule has 0 aliphatic rings. The maximum atomic E-state index is 13.7. The number of nitrogens with zero attached hydrogens (tertiary/aromatic N) is 1. The molecule has 0 aliphatic heterocycles. The van der Waals surface area contributed by atoms with E-state index in [4.69, 9.17) is 0 Å². The summed E-state index contributed by atoms with van der Waals surface area (Å²) in [4.78, 5) is 15.6. The van der Waals surface area contributed by atoms with E-state index in [2.05, 4.69) is 4.98 Å². The Bertz CT molecular complexity index is 595. The molecule has 82 valence electrons. The third-order valence-electron chi connectivity index (χ3n) is 2.34. The Kier molecular flexibility index (Phi) is 2.92. The van der Waals surface area contributed by atoms with Crippen LogP contribution < -0.4 is 0 Å². The zero-order valence-electron chi connectivity index (χ0n) is 8.84. The standard InChI is InChI=1S/C12H9FINO/c1-6-3-9(7(2)16)10-4-8(14)5-11(13)12(10)15-6/h3-5H,1-2H3. The van der Waals surface area contributed by atoms with Crippen molar-refractivity contribution in [1.82, 2.24) is 4.98 Å². The van der Waals surface area contributed by atoms with Crippen molar-refractivity contribution in [2.24, 2.45) is 0 Å². The van der Waals surface area contributed by atoms with E-state index >= 15 is 0 Å². The molecule has 0 atom stereocenters. The van der Waals surface area contributed by atoms with Gasteiger partial charge in [-0.3, -0.25) is 4.79 Å². The second-order valence-corrected chi connectivity index (χ2v) is 4.90. The Morgan fingerprint density at radius 3 is 2.69 bits per heavy atom. The molecule has 2 rings (SSSR count). The zero-order valence-corrected chi connectivity index (χ0v) is 11.0. The van der Waals surface area contributed by atoms with E-state index in [9.17, 15) is 9.18 Å². The predicted molar refractivity (Wildman–Crippen MR) is 69.2 cm³/mol. The van der Waals surface area contributed by atoms with Crippen molar-refractivity contribution in [3.63, 3.8) is 0 Å². The lowest BCUT2D eigenvalue weighted by atomic mass is 10.0. The molecular formula is C12H9FINO. The molecule has 2 aromatic rings. The maximum Gasteiger partial charge on any atom is 0.160 e. The van der Waals surface area contributed by atoms with E-state index < -0.39 is 0 Å². The number of benzene rings is 1. The van der Waals surface area contributed by atoms with Gasteiger partial charge in [-0.05, 0) is 54.6 Å². The maximum absolute atomic E-state index is 13.7.